The molecule has 2 atom stereocenters. The molecule has 2 N–H and O–H groups in total. The number of nitrogens with zero attached hydrogens (tertiary/aromatic N) is 6. The van der Waals surface area contributed by atoms with E-state index in [1.54, 1.807) is 23.2 Å². The molecule has 9 heteroatoms. The van der Waals surface area contributed by atoms with E-state index in [4.69, 9.17) is 5.73 Å². The molecule has 0 saturated heterocycles. The fraction of sp³-hybridized carbons (Fsp3) is 0.160. The van der Waals surface area contributed by atoms with Crippen molar-refractivity contribution in [1.29, 1.82) is 10.5 Å². The van der Waals surface area contributed by atoms with Crippen molar-refractivity contribution < 1.29 is 4.92 Å². The van der Waals surface area contributed by atoms with Crippen molar-refractivity contribution in [3.05, 3.63) is 93.3 Å². The number of anilines is 1. The van der Waals surface area contributed by atoms with Gasteiger partial charge in [-0.25, -0.2) is 5.01 Å². The van der Waals surface area contributed by atoms with Crippen molar-refractivity contribution in [2.45, 2.75) is 20.0 Å². The molecule has 168 valence electrons. The SMILES string of the molecule is Cc1cc(/C=C(/C#N)C2=NN(c3ccccc3)[C@@H](N)[C@H]2C#N)c(C)n1-c1cccc([N+](=O)[O-])c1. The number of hydrazone groups is 1. The third-order valence-corrected chi connectivity index (χ3v) is 5.76. The first kappa shape index (κ1) is 22.5. The smallest absolute Gasteiger partial charge is 0.271 e. The molecule has 2 aromatic carbocycles. The Labute approximate surface area is 196 Å². The molecule has 4 rings (SSSR count). The molecular formula is C25H21N7O2. The standard InChI is InChI=1S/C25H21N7O2/c1-16-11-18(17(2)30(16)21-9-6-10-22(13-21)32(33)34)12-19(14-26)24-23(15-27)25(28)31(29-24)20-7-4-3-5-8-20/h3-13,23,25H,28H2,1-2H3/b19-12-/t23-,25+/m0/s1. The third-order valence-electron chi connectivity index (χ3n) is 5.76. The topological polar surface area (TPSA) is 137 Å². The second-order valence-corrected chi connectivity index (χ2v) is 7.87. The largest absolute Gasteiger partial charge is 0.318 e. The molecule has 0 radical (unpaired) electrons. The number of benzene rings is 2. The van der Waals surface area contributed by atoms with Crippen molar-refractivity contribution >= 4 is 23.2 Å². The van der Waals surface area contributed by atoms with Crippen molar-refractivity contribution in [3.63, 3.8) is 0 Å². The number of hydrogen-bond donors (Lipinski definition) is 1. The van der Waals surface area contributed by atoms with Gasteiger partial charge in [0.2, 0.25) is 0 Å². The minimum atomic E-state index is -0.786. The molecule has 0 bridgehead atoms. The lowest BCUT2D eigenvalue weighted by Gasteiger charge is -2.21. The molecule has 0 unspecified atom stereocenters. The van der Waals surface area contributed by atoms with Gasteiger partial charge in [0.05, 0.1) is 33.7 Å². The molecule has 2 heterocycles. The van der Waals surface area contributed by atoms with E-state index in [1.165, 1.54) is 12.1 Å². The maximum absolute atomic E-state index is 11.2. The monoisotopic (exact) mass is 451 g/mol. The van der Waals surface area contributed by atoms with Crippen LogP contribution in [0.5, 0.6) is 0 Å². The Hall–Kier alpha value is -4.73. The van der Waals surface area contributed by atoms with E-state index in [0.717, 1.165) is 22.6 Å². The van der Waals surface area contributed by atoms with E-state index in [1.807, 2.05) is 54.8 Å². The lowest BCUT2D eigenvalue weighted by molar-refractivity contribution is -0.384. The number of nitro benzene ring substituents is 1. The van der Waals surface area contributed by atoms with Crippen LogP contribution in [0.3, 0.4) is 0 Å². The summed E-state index contributed by atoms with van der Waals surface area (Å²) in [6.07, 6.45) is 0.956. The lowest BCUT2D eigenvalue weighted by atomic mass is 9.95. The quantitative estimate of drug-likeness (QED) is 0.350. The van der Waals surface area contributed by atoms with E-state index in [0.29, 0.717) is 11.4 Å². The zero-order valence-electron chi connectivity index (χ0n) is 18.6. The molecule has 0 fully saturated rings. The first-order valence-electron chi connectivity index (χ1n) is 10.5. The highest BCUT2D eigenvalue weighted by molar-refractivity contribution is 6.11. The molecule has 0 amide bonds. The number of aromatic nitrogens is 1. The van der Waals surface area contributed by atoms with E-state index >= 15 is 0 Å². The van der Waals surface area contributed by atoms with Crippen molar-refractivity contribution in [2.24, 2.45) is 16.8 Å². The first-order chi connectivity index (χ1) is 16.3. The predicted molar refractivity (Wildman–Crippen MR) is 129 cm³/mol. The van der Waals surface area contributed by atoms with E-state index in [-0.39, 0.29) is 11.3 Å². The Morgan fingerprint density at radius 1 is 1.12 bits per heavy atom. The van der Waals surface area contributed by atoms with Crippen LogP contribution in [0.2, 0.25) is 0 Å². The predicted octanol–water partition coefficient (Wildman–Crippen LogP) is 4.21. The van der Waals surface area contributed by atoms with Gasteiger partial charge >= 0.3 is 0 Å². The van der Waals surface area contributed by atoms with Gasteiger partial charge in [0.25, 0.3) is 5.69 Å². The van der Waals surface area contributed by atoms with E-state index in [9.17, 15) is 20.6 Å². The van der Waals surface area contributed by atoms with Crippen LogP contribution >= 0.6 is 0 Å². The fourth-order valence-corrected chi connectivity index (χ4v) is 4.11. The molecule has 0 spiro atoms. The highest BCUT2D eigenvalue weighted by Gasteiger charge is 2.37. The minimum absolute atomic E-state index is 0.00744. The Morgan fingerprint density at radius 3 is 2.47 bits per heavy atom. The Balaban J connectivity index is 1.77. The van der Waals surface area contributed by atoms with Crippen LogP contribution in [-0.2, 0) is 0 Å². The van der Waals surface area contributed by atoms with Gasteiger partial charge in [-0.05, 0) is 49.8 Å². The summed E-state index contributed by atoms with van der Waals surface area (Å²) >= 11 is 0. The Morgan fingerprint density at radius 2 is 1.82 bits per heavy atom. The molecule has 1 aliphatic heterocycles. The Bertz CT molecular complexity index is 1410. The number of allylic oxidation sites excluding steroid dienone is 1. The van der Waals surface area contributed by atoms with Crippen LogP contribution in [0.25, 0.3) is 11.8 Å². The zero-order valence-corrected chi connectivity index (χ0v) is 18.6. The number of aryl methyl sites for hydroxylation is 1. The summed E-state index contributed by atoms with van der Waals surface area (Å²) in [4.78, 5) is 10.8. The number of non-ortho nitro benzene ring substituents is 1. The fourth-order valence-electron chi connectivity index (χ4n) is 4.11. The zero-order chi connectivity index (χ0) is 24.4. The summed E-state index contributed by atoms with van der Waals surface area (Å²) in [6, 6.07) is 21.8. The number of para-hydroxylation sites is 1. The van der Waals surface area contributed by atoms with E-state index in [2.05, 4.69) is 17.2 Å². The molecule has 3 aromatic rings. The highest BCUT2D eigenvalue weighted by atomic mass is 16.6. The van der Waals surface area contributed by atoms with Crippen LogP contribution < -0.4 is 10.7 Å². The first-order valence-corrected chi connectivity index (χ1v) is 10.5. The summed E-state index contributed by atoms with van der Waals surface area (Å²) in [7, 11) is 0. The summed E-state index contributed by atoms with van der Waals surface area (Å²) in [5.74, 6) is -0.786. The molecule has 9 nitrogen and oxygen atoms in total. The van der Waals surface area contributed by atoms with Crippen LogP contribution in [0.15, 0.2) is 71.3 Å². The number of nitro groups is 1. The second kappa shape index (κ2) is 9.02. The van der Waals surface area contributed by atoms with Gasteiger partial charge < -0.3 is 10.3 Å². The van der Waals surface area contributed by atoms with Gasteiger partial charge in [-0.1, -0.05) is 24.3 Å². The van der Waals surface area contributed by atoms with Gasteiger partial charge in [-0.15, -0.1) is 0 Å². The molecule has 0 saturated carbocycles. The maximum atomic E-state index is 11.2. The van der Waals surface area contributed by atoms with Crippen LogP contribution in [0.4, 0.5) is 11.4 Å². The molecule has 34 heavy (non-hydrogen) atoms. The molecule has 1 aliphatic rings. The normalized spacial score (nSPS) is 17.7. The van der Waals surface area contributed by atoms with Crippen molar-refractivity contribution in [3.8, 4) is 17.8 Å². The number of hydrogen-bond acceptors (Lipinski definition) is 7. The van der Waals surface area contributed by atoms with Crippen LogP contribution in [-0.4, -0.2) is 21.4 Å². The summed E-state index contributed by atoms with van der Waals surface area (Å²) < 4.78 is 1.88. The van der Waals surface area contributed by atoms with Crippen LogP contribution in [0, 0.1) is 52.5 Å². The van der Waals surface area contributed by atoms with Crippen LogP contribution in [0.1, 0.15) is 17.0 Å². The van der Waals surface area contributed by atoms with Gasteiger partial charge in [-0.3, -0.25) is 10.1 Å². The Kier molecular flexibility index (Phi) is 5.96. The maximum Gasteiger partial charge on any atom is 0.271 e. The highest BCUT2D eigenvalue weighted by Crippen LogP contribution is 2.30. The molecule has 1 aromatic heterocycles. The number of nitriles is 2. The lowest BCUT2D eigenvalue weighted by Crippen LogP contribution is -2.40. The molecule has 0 aliphatic carbocycles. The second-order valence-electron chi connectivity index (χ2n) is 7.87. The summed E-state index contributed by atoms with van der Waals surface area (Å²) in [5, 5.41) is 37.0. The van der Waals surface area contributed by atoms with Gasteiger partial charge in [0, 0.05) is 23.5 Å². The third kappa shape index (κ3) is 3.92. The average Bonchev–Trinajstić information content (AvgIpc) is 3.32. The summed E-state index contributed by atoms with van der Waals surface area (Å²) in [6.45, 7) is 3.75. The van der Waals surface area contributed by atoms with Crippen molar-refractivity contribution in [1.82, 2.24) is 4.57 Å². The number of rotatable bonds is 5. The average molecular weight is 451 g/mol. The van der Waals surface area contributed by atoms with Crippen molar-refractivity contribution in [2.75, 3.05) is 5.01 Å². The molecular weight excluding hydrogens is 430 g/mol. The van der Waals surface area contributed by atoms with Gasteiger partial charge in [0.15, 0.2) is 0 Å². The number of nitrogens with two attached hydrogens (primary N) is 1. The summed E-state index contributed by atoms with van der Waals surface area (Å²) in [5.41, 5.74) is 10.6. The van der Waals surface area contributed by atoms with E-state index < -0.39 is 17.0 Å². The minimum Gasteiger partial charge on any atom is -0.318 e. The van der Waals surface area contributed by atoms with Gasteiger partial charge in [-0.2, -0.15) is 15.6 Å². The van der Waals surface area contributed by atoms with Gasteiger partial charge in [0.1, 0.15) is 18.2 Å².